The van der Waals surface area contributed by atoms with Gasteiger partial charge in [0.2, 0.25) is 0 Å². The number of hydrogen-bond donors (Lipinski definition) is 1. The van der Waals surface area contributed by atoms with Gasteiger partial charge in [0.25, 0.3) is 5.56 Å². The summed E-state index contributed by atoms with van der Waals surface area (Å²) in [7, 11) is 0. The van der Waals surface area contributed by atoms with E-state index in [9.17, 15) is 4.79 Å². The summed E-state index contributed by atoms with van der Waals surface area (Å²) in [4.78, 5) is 18.9. The molecule has 0 saturated carbocycles. The lowest BCUT2D eigenvalue weighted by Crippen LogP contribution is -2.45. The summed E-state index contributed by atoms with van der Waals surface area (Å²) in [6.45, 7) is 8.87. The highest BCUT2D eigenvalue weighted by atomic mass is 16.1. The Morgan fingerprint density at radius 3 is 2.90 bits per heavy atom. The van der Waals surface area contributed by atoms with Crippen LogP contribution in [0.25, 0.3) is 0 Å². The van der Waals surface area contributed by atoms with Gasteiger partial charge >= 0.3 is 0 Å². The normalized spacial score (nSPS) is 19.3. The number of nitrogens with zero attached hydrogens (tertiary/aromatic N) is 3. The van der Waals surface area contributed by atoms with Crippen molar-refractivity contribution in [2.24, 2.45) is 0 Å². The Bertz CT molecular complexity index is 477. The van der Waals surface area contributed by atoms with E-state index in [0.717, 1.165) is 19.6 Å². The van der Waals surface area contributed by atoms with E-state index < -0.39 is 0 Å². The molecule has 1 N–H and O–H groups in total. The van der Waals surface area contributed by atoms with Crippen LogP contribution in [-0.4, -0.2) is 35.2 Å². The van der Waals surface area contributed by atoms with Gasteiger partial charge in [-0.2, -0.15) is 0 Å². The highest BCUT2D eigenvalue weighted by molar-refractivity contribution is 5.35. The second kappa shape index (κ2) is 6.88. The smallest absolute Gasteiger partial charge is 0.293 e. The first-order valence-corrected chi connectivity index (χ1v) is 7.69. The lowest BCUT2D eigenvalue weighted by molar-refractivity contribution is 0.399. The van der Waals surface area contributed by atoms with Crippen LogP contribution in [0.2, 0.25) is 0 Å². The van der Waals surface area contributed by atoms with Gasteiger partial charge in [-0.15, -0.1) is 0 Å². The molecule has 112 valence electrons. The number of aromatic nitrogens is 2. The number of rotatable bonds is 5. The van der Waals surface area contributed by atoms with Gasteiger partial charge in [-0.1, -0.05) is 6.42 Å². The fourth-order valence-electron chi connectivity index (χ4n) is 2.75. The quantitative estimate of drug-likeness (QED) is 0.892. The molecular formula is C15H26N4O. The van der Waals surface area contributed by atoms with E-state index in [4.69, 9.17) is 0 Å². The van der Waals surface area contributed by atoms with Gasteiger partial charge in [-0.3, -0.25) is 4.79 Å². The van der Waals surface area contributed by atoms with Gasteiger partial charge < -0.3 is 14.8 Å². The lowest BCUT2D eigenvalue weighted by atomic mass is 10.0. The van der Waals surface area contributed by atoms with Crippen molar-refractivity contribution in [1.82, 2.24) is 14.9 Å². The molecule has 20 heavy (non-hydrogen) atoms. The standard InChI is InChI=1S/C15H26N4O/c1-4-18(11-13-7-5-6-8-16-13)14-15(20)19(12(2)3)10-9-17-14/h9-10,12-13,16H,4-8,11H2,1-3H3. The third-order valence-corrected chi connectivity index (χ3v) is 3.94. The Kier molecular flexibility index (Phi) is 5.17. The zero-order valence-corrected chi connectivity index (χ0v) is 12.8. The van der Waals surface area contributed by atoms with Crippen LogP contribution in [0.4, 0.5) is 5.82 Å². The van der Waals surface area contributed by atoms with E-state index >= 15 is 0 Å². The minimum absolute atomic E-state index is 0.0140. The van der Waals surface area contributed by atoms with E-state index in [-0.39, 0.29) is 11.6 Å². The van der Waals surface area contributed by atoms with Crippen LogP contribution in [0.15, 0.2) is 17.2 Å². The number of nitrogens with one attached hydrogen (secondary N) is 1. The van der Waals surface area contributed by atoms with Crippen LogP contribution in [0.1, 0.15) is 46.1 Å². The first kappa shape index (κ1) is 15.0. The van der Waals surface area contributed by atoms with Gasteiger partial charge in [0.05, 0.1) is 0 Å². The number of piperidine rings is 1. The van der Waals surface area contributed by atoms with Crippen molar-refractivity contribution in [2.75, 3.05) is 24.5 Å². The van der Waals surface area contributed by atoms with Gasteiger partial charge in [0.15, 0.2) is 5.82 Å². The molecule has 0 amide bonds. The van der Waals surface area contributed by atoms with Gasteiger partial charge in [-0.25, -0.2) is 4.98 Å². The maximum atomic E-state index is 12.5. The minimum atomic E-state index is 0.0140. The van der Waals surface area contributed by atoms with E-state index in [1.807, 2.05) is 13.8 Å². The Labute approximate surface area is 121 Å². The number of likely N-dealkylation sites (N-methyl/N-ethyl adjacent to an activating group) is 1. The summed E-state index contributed by atoms with van der Waals surface area (Å²) in [5.41, 5.74) is 0.0140. The molecule has 5 heteroatoms. The Morgan fingerprint density at radius 1 is 1.50 bits per heavy atom. The van der Waals surface area contributed by atoms with Crippen molar-refractivity contribution >= 4 is 5.82 Å². The molecule has 1 saturated heterocycles. The molecule has 1 aliphatic rings. The molecule has 1 atom stereocenters. The SMILES string of the molecule is CCN(CC1CCCCN1)c1nccn(C(C)C)c1=O. The summed E-state index contributed by atoms with van der Waals surface area (Å²) < 4.78 is 1.75. The average Bonchev–Trinajstić information content (AvgIpc) is 2.46. The van der Waals surface area contributed by atoms with Crippen LogP contribution in [0.3, 0.4) is 0 Å². The summed E-state index contributed by atoms with van der Waals surface area (Å²) >= 11 is 0. The topological polar surface area (TPSA) is 50.2 Å². The maximum Gasteiger partial charge on any atom is 0.293 e. The molecule has 2 rings (SSSR count). The first-order valence-electron chi connectivity index (χ1n) is 7.69. The Hall–Kier alpha value is -1.36. The maximum absolute atomic E-state index is 12.5. The summed E-state index contributed by atoms with van der Waals surface area (Å²) in [6, 6.07) is 0.633. The first-order chi connectivity index (χ1) is 9.63. The highest BCUT2D eigenvalue weighted by Gasteiger charge is 2.19. The van der Waals surface area contributed by atoms with Crippen LogP contribution in [-0.2, 0) is 0 Å². The largest absolute Gasteiger partial charge is 0.351 e. The summed E-state index contributed by atoms with van der Waals surface area (Å²) in [6.07, 6.45) is 7.21. The Morgan fingerprint density at radius 2 is 2.30 bits per heavy atom. The zero-order valence-electron chi connectivity index (χ0n) is 12.8. The van der Waals surface area contributed by atoms with Crippen molar-refractivity contribution in [3.05, 3.63) is 22.7 Å². The predicted octanol–water partition coefficient (Wildman–Crippen LogP) is 1.79. The van der Waals surface area contributed by atoms with Crippen LogP contribution < -0.4 is 15.8 Å². The highest BCUT2D eigenvalue weighted by Crippen LogP contribution is 2.12. The van der Waals surface area contributed by atoms with Crippen molar-refractivity contribution in [1.29, 1.82) is 0 Å². The zero-order chi connectivity index (χ0) is 14.5. The van der Waals surface area contributed by atoms with Gasteiger partial charge in [0, 0.05) is 37.6 Å². The van der Waals surface area contributed by atoms with Crippen LogP contribution in [0.5, 0.6) is 0 Å². The summed E-state index contributed by atoms with van der Waals surface area (Å²) in [5.74, 6) is 0.580. The Balaban J connectivity index is 2.18. The molecule has 0 bridgehead atoms. The van der Waals surface area contributed by atoms with E-state index in [1.165, 1.54) is 19.3 Å². The van der Waals surface area contributed by atoms with E-state index in [0.29, 0.717) is 11.9 Å². The molecule has 1 aromatic rings. The van der Waals surface area contributed by atoms with Gasteiger partial charge in [-0.05, 0) is 40.2 Å². The van der Waals surface area contributed by atoms with Crippen LogP contribution in [0, 0.1) is 0 Å². The fraction of sp³-hybridized carbons (Fsp3) is 0.733. The van der Waals surface area contributed by atoms with Gasteiger partial charge in [0.1, 0.15) is 0 Å². The average molecular weight is 278 g/mol. The molecule has 0 radical (unpaired) electrons. The van der Waals surface area contributed by atoms with Crippen molar-refractivity contribution in [3.8, 4) is 0 Å². The number of hydrogen-bond acceptors (Lipinski definition) is 4. The summed E-state index contributed by atoms with van der Waals surface area (Å²) in [5, 5.41) is 3.53. The molecule has 5 nitrogen and oxygen atoms in total. The fourth-order valence-corrected chi connectivity index (χ4v) is 2.75. The molecule has 0 aromatic carbocycles. The van der Waals surface area contributed by atoms with Crippen molar-refractivity contribution in [3.63, 3.8) is 0 Å². The number of anilines is 1. The van der Waals surface area contributed by atoms with Crippen molar-refractivity contribution < 1.29 is 0 Å². The third kappa shape index (κ3) is 3.39. The lowest BCUT2D eigenvalue weighted by Gasteiger charge is -2.30. The molecule has 1 fully saturated rings. The molecule has 1 unspecified atom stereocenters. The molecule has 0 spiro atoms. The molecule has 2 heterocycles. The van der Waals surface area contributed by atoms with E-state index in [2.05, 4.69) is 22.1 Å². The van der Waals surface area contributed by atoms with E-state index in [1.54, 1.807) is 17.0 Å². The molecule has 1 aromatic heterocycles. The second-order valence-electron chi connectivity index (χ2n) is 5.74. The predicted molar refractivity (Wildman–Crippen MR) is 82.4 cm³/mol. The second-order valence-corrected chi connectivity index (χ2v) is 5.74. The van der Waals surface area contributed by atoms with Crippen LogP contribution >= 0.6 is 0 Å². The molecule has 0 aliphatic carbocycles. The minimum Gasteiger partial charge on any atom is -0.351 e. The monoisotopic (exact) mass is 278 g/mol. The third-order valence-electron chi connectivity index (χ3n) is 3.94. The molecular weight excluding hydrogens is 252 g/mol. The van der Waals surface area contributed by atoms with Crippen molar-refractivity contribution in [2.45, 2.75) is 52.1 Å². The molecule has 1 aliphatic heterocycles.